The maximum Gasteiger partial charge on any atom is 0.273 e. The predicted octanol–water partition coefficient (Wildman–Crippen LogP) is 0.340. The van der Waals surface area contributed by atoms with Crippen molar-refractivity contribution in [2.24, 2.45) is 11.7 Å². The van der Waals surface area contributed by atoms with E-state index in [1.165, 1.54) is 12.8 Å². The number of ether oxygens (including phenoxy) is 1. The molecule has 0 radical (unpaired) electrons. The summed E-state index contributed by atoms with van der Waals surface area (Å²) in [7, 11) is 1.77. The van der Waals surface area contributed by atoms with Gasteiger partial charge >= 0.3 is 0 Å². The molecule has 2 N–H and O–H groups in total. The smallest absolute Gasteiger partial charge is 0.273 e. The third kappa shape index (κ3) is 4.33. The van der Waals surface area contributed by atoms with Crippen molar-refractivity contribution in [3.63, 3.8) is 0 Å². The van der Waals surface area contributed by atoms with Crippen LogP contribution in [0.4, 0.5) is 0 Å². The minimum absolute atomic E-state index is 0.0780. The van der Waals surface area contributed by atoms with Gasteiger partial charge in [-0.2, -0.15) is 0 Å². The number of hydrogen-bond acceptors (Lipinski definition) is 4. The summed E-state index contributed by atoms with van der Waals surface area (Å²) < 4.78 is 7.35. The van der Waals surface area contributed by atoms with Gasteiger partial charge in [0.25, 0.3) is 5.91 Å². The predicted molar refractivity (Wildman–Crippen MR) is 71.8 cm³/mol. The quantitative estimate of drug-likeness (QED) is 0.689. The number of nitrogens with zero attached hydrogens (tertiary/aromatic N) is 3. The van der Waals surface area contributed by atoms with Crippen molar-refractivity contribution in [3.05, 3.63) is 18.2 Å². The average Bonchev–Trinajstić information content (AvgIpc) is 3.12. The molecule has 1 aromatic rings. The fourth-order valence-electron chi connectivity index (χ4n) is 1.77. The van der Waals surface area contributed by atoms with Gasteiger partial charge in [-0.15, -0.1) is 0 Å². The maximum atomic E-state index is 12.1. The highest BCUT2D eigenvalue weighted by atomic mass is 16.5. The summed E-state index contributed by atoms with van der Waals surface area (Å²) in [6.07, 6.45) is 5.94. The molecule has 0 aromatic carbocycles. The molecule has 0 aliphatic heterocycles. The number of imidazole rings is 1. The second-order valence-corrected chi connectivity index (χ2v) is 5.03. The third-order valence-electron chi connectivity index (χ3n) is 3.21. The fourth-order valence-corrected chi connectivity index (χ4v) is 1.77. The first-order valence-corrected chi connectivity index (χ1v) is 6.75. The van der Waals surface area contributed by atoms with Crippen LogP contribution in [0.2, 0.25) is 0 Å². The summed E-state index contributed by atoms with van der Waals surface area (Å²) in [6, 6.07) is 0. The van der Waals surface area contributed by atoms with Crippen molar-refractivity contribution in [1.82, 2.24) is 14.5 Å². The maximum absolute atomic E-state index is 12.1. The highest BCUT2D eigenvalue weighted by molar-refractivity contribution is 5.91. The number of nitrogens with two attached hydrogens (primary N) is 1. The van der Waals surface area contributed by atoms with Crippen molar-refractivity contribution in [2.75, 3.05) is 33.4 Å². The molecular weight excluding hydrogens is 244 g/mol. The van der Waals surface area contributed by atoms with E-state index in [-0.39, 0.29) is 5.91 Å². The van der Waals surface area contributed by atoms with Crippen molar-refractivity contribution in [2.45, 2.75) is 19.4 Å². The van der Waals surface area contributed by atoms with E-state index in [2.05, 4.69) is 4.98 Å². The number of likely N-dealkylation sites (N-methyl/N-ethyl adjacent to an activating group) is 1. The molecule has 106 valence electrons. The standard InChI is InChI=1S/C13H22N4O2/c1-16(6-7-19-9-11-2-3-11)13(18)12-8-17(5-4-14)10-15-12/h8,10-11H,2-7,9,14H2,1H3. The van der Waals surface area contributed by atoms with Crippen LogP contribution in [0.3, 0.4) is 0 Å². The highest BCUT2D eigenvalue weighted by Gasteiger charge is 2.21. The van der Waals surface area contributed by atoms with Crippen molar-refractivity contribution >= 4 is 5.91 Å². The Kier molecular flexibility index (Phi) is 4.93. The first-order chi connectivity index (χ1) is 9.20. The van der Waals surface area contributed by atoms with Gasteiger partial charge in [0.1, 0.15) is 5.69 Å². The number of rotatable bonds is 8. The Morgan fingerprint density at radius 2 is 2.42 bits per heavy atom. The SMILES string of the molecule is CN(CCOCC1CC1)C(=O)c1cn(CCN)cn1. The molecule has 19 heavy (non-hydrogen) atoms. The number of amides is 1. The van der Waals surface area contributed by atoms with Crippen LogP contribution in [0.15, 0.2) is 12.5 Å². The summed E-state index contributed by atoms with van der Waals surface area (Å²) in [5, 5.41) is 0. The molecule has 1 fully saturated rings. The minimum Gasteiger partial charge on any atom is -0.379 e. The molecule has 1 heterocycles. The largest absolute Gasteiger partial charge is 0.379 e. The molecular formula is C13H22N4O2. The molecule has 1 amide bonds. The molecule has 0 spiro atoms. The molecule has 0 unspecified atom stereocenters. The first kappa shape index (κ1) is 14.0. The molecule has 1 saturated carbocycles. The minimum atomic E-state index is -0.0780. The molecule has 6 heteroatoms. The summed E-state index contributed by atoms with van der Waals surface area (Å²) in [5.41, 5.74) is 5.91. The van der Waals surface area contributed by atoms with E-state index in [1.54, 1.807) is 24.5 Å². The summed E-state index contributed by atoms with van der Waals surface area (Å²) in [6.45, 7) is 3.22. The first-order valence-electron chi connectivity index (χ1n) is 6.75. The van der Waals surface area contributed by atoms with E-state index in [1.807, 2.05) is 4.57 Å². The van der Waals surface area contributed by atoms with Crippen LogP contribution < -0.4 is 5.73 Å². The van der Waals surface area contributed by atoms with E-state index >= 15 is 0 Å². The molecule has 0 bridgehead atoms. The lowest BCUT2D eigenvalue weighted by molar-refractivity contribution is 0.0676. The van der Waals surface area contributed by atoms with E-state index < -0.39 is 0 Å². The molecule has 2 rings (SSSR count). The number of carbonyl (C=O) groups is 1. The number of carbonyl (C=O) groups excluding carboxylic acids is 1. The van der Waals surface area contributed by atoms with Crippen LogP contribution in [0, 0.1) is 5.92 Å². The highest BCUT2D eigenvalue weighted by Crippen LogP contribution is 2.28. The third-order valence-corrected chi connectivity index (χ3v) is 3.21. The average molecular weight is 266 g/mol. The zero-order chi connectivity index (χ0) is 13.7. The lowest BCUT2D eigenvalue weighted by atomic mass is 10.4. The number of hydrogen-bond donors (Lipinski definition) is 1. The van der Waals surface area contributed by atoms with Gasteiger partial charge in [0.15, 0.2) is 0 Å². The Morgan fingerprint density at radius 1 is 1.63 bits per heavy atom. The van der Waals surface area contributed by atoms with Crippen LogP contribution in [-0.4, -0.2) is 53.7 Å². The van der Waals surface area contributed by atoms with Crippen LogP contribution in [0.5, 0.6) is 0 Å². The second kappa shape index (κ2) is 6.68. The van der Waals surface area contributed by atoms with Gasteiger partial charge in [-0.25, -0.2) is 4.98 Å². The lowest BCUT2D eigenvalue weighted by Gasteiger charge is -2.15. The lowest BCUT2D eigenvalue weighted by Crippen LogP contribution is -2.30. The number of aromatic nitrogens is 2. The Morgan fingerprint density at radius 3 is 3.11 bits per heavy atom. The fraction of sp³-hybridized carbons (Fsp3) is 0.692. The molecule has 1 aliphatic carbocycles. The summed E-state index contributed by atoms with van der Waals surface area (Å²) in [5.74, 6) is 0.679. The van der Waals surface area contributed by atoms with Gasteiger partial charge in [-0.3, -0.25) is 4.79 Å². The van der Waals surface area contributed by atoms with E-state index in [9.17, 15) is 4.79 Å². The second-order valence-electron chi connectivity index (χ2n) is 5.03. The van der Waals surface area contributed by atoms with Crippen LogP contribution in [0.1, 0.15) is 23.3 Å². The summed E-state index contributed by atoms with van der Waals surface area (Å²) in [4.78, 5) is 17.8. The molecule has 1 aromatic heterocycles. The molecule has 6 nitrogen and oxygen atoms in total. The van der Waals surface area contributed by atoms with E-state index in [0.717, 1.165) is 12.5 Å². The van der Waals surface area contributed by atoms with E-state index in [0.29, 0.717) is 31.9 Å². The van der Waals surface area contributed by atoms with Crippen molar-refractivity contribution in [1.29, 1.82) is 0 Å². The summed E-state index contributed by atoms with van der Waals surface area (Å²) >= 11 is 0. The van der Waals surface area contributed by atoms with Crippen molar-refractivity contribution in [3.8, 4) is 0 Å². The van der Waals surface area contributed by atoms with Crippen LogP contribution in [0.25, 0.3) is 0 Å². The normalized spacial score (nSPS) is 14.6. The zero-order valence-electron chi connectivity index (χ0n) is 11.4. The Bertz CT molecular complexity index is 415. The van der Waals surface area contributed by atoms with Gasteiger partial charge < -0.3 is 19.9 Å². The van der Waals surface area contributed by atoms with Crippen LogP contribution >= 0.6 is 0 Å². The Labute approximate surface area is 113 Å². The van der Waals surface area contributed by atoms with Gasteiger partial charge in [0.05, 0.1) is 12.9 Å². The van der Waals surface area contributed by atoms with Crippen molar-refractivity contribution < 1.29 is 9.53 Å². The van der Waals surface area contributed by atoms with Crippen LogP contribution in [-0.2, 0) is 11.3 Å². The van der Waals surface area contributed by atoms with Gasteiger partial charge in [0.2, 0.25) is 0 Å². The van der Waals surface area contributed by atoms with Gasteiger partial charge in [-0.1, -0.05) is 0 Å². The Hall–Kier alpha value is -1.40. The van der Waals surface area contributed by atoms with Gasteiger partial charge in [-0.05, 0) is 18.8 Å². The molecule has 0 atom stereocenters. The van der Waals surface area contributed by atoms with Gasteiger partial charge in [0, 0.05) is 39.5 Å². The monoisotopic (exact) mass is 266 g/mol. The topological polar surface area (TPSA) is 73.4 Å². The zero-order valence-corrected chi connectivity index (χ0v) is 11.4. The molecule has 0 saturated heterocycles. The molecule has 1 aliphatic rings. The van der Waals surface area contributed by atoms with E-state index in [4.69, 9.17) is 10.5 Å². The Balaban J connectivity index is 1.73.